The highest BCUT2D eigenvalue weighted by molar-refractivity contribution is 9.10. The van der Waals surface area contributed by atoms with Crippen LogP contribution in [0.5, 0.6) is 0 Å². The van der Waals surface area contributed by atoms with E-state index >= 15 is 0 Å². The largest absolute Gasteiger partial charge is 0.335 e. The average Bonchev–Trinajstić information content (AvgIpc) is 2.87. The van der Waals surface area contributed by atoms with Crippen LogP contribution in [0.1, 0.15) is 36.3 Å². The summed E-state index contributed by atoms with van der Waals surface area (Å²) in [5.41, 5.74) is 2.62. The van der Waals surface area contributed by atoms with Crippen LogP contribution in [0.3, 0.4) is 0 Å². The first-order valence-corrected chi connectivity index (χ1v) is 7.89. The summed E-state index contributed by atoms with van der Waals surface area (Å²) in [4.78, 5) is 4.51. The third-order valence-corrected chi connectivity index (χ3v) is 4.55. The van der Waals surface area contributed by atoms with Crippen molar-refractivity contribution in [2.24, 2.45) is 0 Å². The number of halogens is 1. The van der Waals surface area contributed by atoms with Gasteiger partial charge >= 0.3 is 0 Å². The van der Waals surface area contributed by atoms with Crippen LogP contribution >= 0.6 is 15.9 Å². The molecule has 0 saturated heterocycles. The van der Waals surface area contributed by atoms with Crippen molar-refractivity contribution < 1.29 is 0 Å². The van der Waals surface area contributed by atoms with Crippen LogP contribution in [0.4, 0.5) is 0 Å². The minimum atomic E-state index is 0.283. The van der Waals surface area contributed by atoms with Gasteiger partial charge in [0, 0.05) is 35.9 Å². The third-order valence-electron chi connectivity index (χ3n) is 3.69. The fourth-order valence-corrected chi connectivity index (χ4v) is 2.91. The molecule has 4 heteroatoms. The molecule has 2 rings (SSSR count). The highest BCUT2D eigenvalue weighted by Crippen LogP contribution is 2.26. The zero-order valence-corrected chi connectivity index (χ0v) is 13.9. The Bertz CT molecular complexity index is 563. The molecule has 0 aliphatic rings. The van der Waals surface area contributed by atoms with Crippen molar-refractivity contribution in [2.75, 3.05) is 7.05 Å². The molecule has 0 radical (unpaired) electrons. The quantitative estimate of drug-likeness (QED) is 0.868. The predicted octanol–water partition coefficient (Wildman–Crippen LogP) is 3.87. The van der Waals surface area contributed by atoms with Crippen LogP contribution in [0.2, 0.25) is 0 Å². The first kappa shape index (κ1) is 15.3. The molecule has 0 bridgehead atoms. The second kappa shape index (κ2) is 7.04. The molecular weight excluding hydrogens is 314 g/mol. The van der Waals surface area contributed by atoms with Gasteiger partial charge in [-0.2, -0.15) is 0 Å². The lowest BCUT2D eigenvalue weighted by Gasteiger charge is -2.20. The summed E-state index contributed by atoms with van der Waals surface area (Å²) in [6, 6.07) is 6.65. The van der Waals surface area contributed by atoms with E-state index in [-0.39, 0.29) is 6.04 Å². The van der Waals surface area contributed by atoms with Gasteiger partial charge in [0.1, 0.15) is 5.82 Å². The zero-order chi connectivity index (χ0) is 14.5. The van der Waals surface area contributed by atoms with Crippen molar-refractivity contribution in [3.8, 4) is 0 Å². The monoisotopic (exact) mass is 335 g/mol. The second-order valence-corrected chi connectivity index (χ2v) is 5.89. The molecular formula is C16H22BrN3. The SMILES string of the molecule is CCCn1ccnc1CC(NC)c1cccc(Br)c1C. The number of benzene rings is 1. The molecule has 3 nitrogen and oxygen atoms in total. The maximum atomic E-state index is 4.51. The van der Waals surface area contributed by atoms with Gasteiger partial charge in [0.15, 0.2) is 0 Å². The van der Waals surface area contributed by atoms with Gasteiger partial charge < -0.3 is 9.88 Å². The maximum Gasteiger partial charge on any atom is 0.110 e. The molecule has 1 atom stereocenters. The van der Waals surface area contributed by atoms with E-state index in [4.69, 9.17) is 0 Å². The zero-order valence-electron chi connectivity index (χ0n) is 12.4. The summed E-state index contributed by atoms with van der Waals surface area (Å²) in [6.45, 7) is 5.38. The van der Waals surface area contributed by atoms with Crippen LogP contribution in [0, 0.1) is 6.92 Å². The van der Waals surface area contributed by atoms with E-state index in [1.165, 1.54) is 11.1 Å². The summed E-state index contributed by atoms with van der Waals surface area (Å²) >= 11 is 3.61. The lowest BCUT2D eigenvalue weighted by Crippen LogP contribution is -2.21. The molecule has 0 aliphatic heterocycles. The lowest BCUT2D eigenvalue weighted by atomic mass is 9.98. The number of nitrogens with zero attached hydrogens (tertiary/aromatic N) is 2. The van der Waals surface area contributed by atoms with E-state index in [2.05, 4.69) is 69.0 Å². The Morgan fingerprint density at radius 1 is 1.40 bits per heavy atom. The number of hydrogen-bond acceptors (Lipinski definition) is 2. The molecule has 20 heavy (non-hydrogen) atoms. The van der Waals surface area contributed by atoms with E-state index < -0.39 is 0 Å². The molecule has 1 aromatic carbocycles. The Balaban J connectivity index is 2.24. The number of imidazole rings is 1. The van der Waals surface area contributed by atoms with Gasteiger partial charge in [-0.3, -0.25) is 0 Å². The first-order valence-electron chi connectivity index (χ1n) is 7.09. The molecule has 1 aromatic heterocycles. The van der Waals surface area contributed by atoms with Gasteiger partial charge in [0.2, 0.25) is 0 Å². The van der Waals surface area contributed by atoms with Crippen molar-refractivity contribution in [3.63, 3.8) is 0 Å². The molecule has 0 spiro atoms. The molecule has 0 amide bonds. The van der Waals surface area contributed by atoms with Crippen LogP contribution in [0.15, 0.2) is 35.1 Å². The summed E-state index contributed by atoms with van der Waals surface area (Å²) in [6.07, 6.45) is 6.00. The van der Waals surface area contributed by atoms with Crippen LogP contribution < -0.4 is 5.32 Å². The van der Waals surface area contributed by atoms with Crippen molar-refractivity contribution in [1.82, 2.24) is 14.9 Å². The molecule has 0 aliphatic carbocycles. The highest BCUT2D eigenvalue weighted by Gasteiger charge is 2.16. The normalized spacial score (nSPS) is 12.6. The highest BCUT2D eigenvalue weighted by atomic mass is 79.9. The standard InChI is InChI=1S/C16H22BrN3/c1-4-9-20-10-8-19-16(20)11-15(18-3)13-6-5-7-14(17)12(13)2/h5-8,10,15,18H,4,9,11H2,1-3H3. The number of nitrogens with one attached hydrogen (secondary N) is 1. The fraction of sp³-hybridized carbons (Fsp3) is 0.438. The van der Waals surface area contributed by atoms with Crippen LogP contribution in [-0.4, -0.2) is 16.6 Å². The Hall–Kier alpha value is -1.13. The summed E-state index contributed by atoms with van der Waals surface area (Å²) < 4.78 is 3.41. The Morgan fingerprint density at radius 3 is 2.90 bits per heavy atom. The van der Waals surface area contributed by atoms with E-state index in [0.29, 0.717) is 0 Å². The van der Waals surface area contributed by atoms with Gasteiger partial charge in [0.25, 0.3) is 0 Å². The smallest absolute Gasteiger partial charge is 0.110 e. The van der Waals surface area contributed by atoms with Gasteiger partial charge in [-0.15, -0.1) is 0 Å². The number of likely N-dealkylation sites (N-methyl/N-ethyl adjacent to an activating group) is 1. The second-order valence-electron chi connectivity index (χ2n) is 5.04. The van der Waals surface area contributed by atoms with Gasteiger partial charge in [0.05, 0.1) is 0 Å². The average molecular weight is 336 g/mol. The number of rotatable bonds is 6. The third kappa shape index (κ3) is 3.30. The van der Waals surface area contributed by atoms with Gasteiger partial charge in [-0.25, -0.2) is 4.98 Å². The van der Waals surface area contributed by atoms with E-state index in [1.54, 1.807) is 0 Å². The molecule has 108 valence electrons. The number of aromatic nitrogens is 2. The lowest BCUT2D eigenvalue weighted by molar-refractivity contribution is 0.541. The Kier molecular flexibility index (Phi) is 5.38. The Morgan fingerprint density at radius 2 is 2.20 bits per heavy atom. The van der Waals surface area contributed by atoms with E-state index in [9.17, 15) is 0 Å². The van der Waals surface area contributed by atoms with Crippen molar-refractivity contribution >= 4 is 15.9 Å². The Labute approximate surface area is 129 Å². The minimum Gasteiger partial charge on any atom is -0.335 e. The van der Waals surface area contributed by atoms with E-state index in [0.717, 1.165) is 29.7 Å². The summed E-state index contributed by atoms with van der Waals surface area (Å²) in [7, 11) is 2.01. The maximum absolute atomic E-state index is 4.51. The minimum absolute atomic E-state index is 0.283. The molecule has 0 saturated carbocycles. The number of hydrogen-bond donors (Lipinski definition) is 1. The van der Waals surface area contributed by atoms with E-state index in [1.807, 2.05) is 13.2 Å². The topological polar surface area (TPSA) is 29.9 Å². The molecule has 1 heterocycles. The van der Waals surface area contributed by atoms with Crippen molar-refractivity contribution in [1.29, 1.82) is 0 Å². The summed E-state index contributed by atoms with van der Waals surface area (Å²) in [5.74, 6) is 1.14. The predicted molar refractivity (Wildman–Crippen MR) is 86.9 cm³/mol. The van der Waals surface area contributed by atoms with Gasteiger partial charge in [-0.1, -0.05) is 35.0 Å². The fourth-order valence-electron chi connectivity index (χ4n) is 2.53. The van der Waals surface area contributed by atoms with Crippen molar-refractivity contribution in [2.45, 2.75) is 39.3 Å². The summed E-state index contributed by atoms with van der Waals surface area (Å²) in [5, 5.41) is 3.42. The molecule has 0 fully saturated rings. The number of aryl methyl sites for hydroxylation is 1. The van der Waals surface area contributed by atoms with Gasteiger partial charge in [-0.05, 0) is 37.6 Å². The van der Waals surface area contributed by atoms with Crippen molar-refractivity contribution in [3.05, 3.63) is 52.0 Å². The van der Waals surface area contributed by atoms with Crippen LogP contribution in [0.25, 0.3) is 0 Å². The first-order chi connectivity index (χ1) is 9.67. The molecule has 2 aromatic rings. The molecule has 1 N–H and O–H groups in total. The van der Waals surface area contributed by atoms with Crippen LogP contribution in [-0.2, 0) is 13.0 Å². The molecule has 1 unspecified atom stereocenters.